The van der Waals surface area contributed by atoms with E-state index in [1.807, 2.05) is 0 Å². The van der Waals surface area contributed by atoms with Gasteiger partial charge >= 0.3 is 0 Å². The van der Waals surface area contributed by atoms with Gasteiger partial charge in [0.2, 0.25) is 5.88 Å². The second kappa shape index (κ2) is 5.86. The lowest BCUT2D eigenvalue weighted by Gasteiger charge is -2.06. The number of rotatable bonds is 4. The number of hydrogen-bond acceptors (Lipinski definition) is 4. The maximum Gasteiger partial charge on any atom is 0.262 e. The van der Waals surface area contributed by atoms with Crippen LogP contribution in [0.2, 0.25) is 5.02 Å². The van der Waals surface area contributed by atoms with Crippen LogP contribution in [0.25, 0.3) is 11.1 Å². The summed E-state index contributed by atoms with van der Waals surface area (Å²) in [6.45, 7) is 0.666. The maximum absolute atomic E-state index is 12.0. The summed E-state index contributed by atoms with van der Waals surface area (Å²) < 4.78 is 0. The normalized spacial score (nSPS) is 10.6. The highest BCUT2D eigenvalue weighted by Crippen LogP contribution is 2.25. The van der Waals surface area contributed by atoms with Crippen LogP contribution in [0.5, 0.6) is 5.88 Å². The molecule has 100 valence electrons. The van der Waals surface area contributed by atoms with Gasteiger partial charge < -0.3 is 15.4 Å². The number of hydrogen-bond donors (Lipinski definition) is 3. The number of aromatic amines is 1. The van der Waals surface area contributed by atoms with Gasteiger partial charge in [-0.15, -0.1) is 0 Å². The average Bonchev–Trinajstić information content (AvgIpc) is 2.35. The molecule has 0 atom stereocenters. The van der Waals surface area contributed by atoms with Gasteiger partial charge in [0.05, 0.1) is 0 Å². The Bertz CT molecular complexity index is 640. The maximum atomic E-state index is 12.0. The van der Waals surface area contributed by atoms with Crippen molar-refractivity contribution in [2.75, 3.05) is 13.6 Å². The lowest BCUT2D eigenvalue weighted by Crippen LogP contribution is -2.18. The molecule has 0 unspecified atom stereocenters. The number of likely N-dealkylation sites (N-methyl/N-ethyl adjacent to an activating group) is 1. The molecule has 0 saturated carbocycles. The van der Waals surface area contributed by atoms with Crippen LogP contribution in [0.3, 0.4) is 0 Å². The van der Waals surface area contributed by atoms with Crippen molar-refractivity contribution in [3.63, 3.8) is 0 Å². The van der Waals surface area contributed by atoms with Gasteiger partial charge in [0.25, 0.3) is 5.56 Å². The molecule has 0 amide bonds. The number of aromatic hydroxyl groups is 1. The zero-order valence-corrected chi connectivity index (χ0v) is 11.2. The highest BCUT2D eigenvalue weighted by Gasteiger charge is 2.13. The molecule has 19 heavy (non-hydrogen) atoms. The first kappa shape index (κ1) is 13.6. The molecule has 0 fully saturated rings. The smallest absolute Gasteiger partial charge is 0.262 e. The fourth-order valence-corrected chi connectivity index (χ4v) is 1.96. The molecule has 0 aliphatic carbocycles. The van der Waals surface area contributed by atoms with Gasteiger partial charge in [0, 0.05) is 18.0 Å². The Morgan fingerprint density at radius 3 is 2.89 bits per heavy atom. The standard InChI is InChI=1S/C13H14ClN3O2/c1-15-6-5-10-16-12(18)11(13(19)17-10)8-3-2-4-9(14)7-8/h2-4,7,15H,5-6H2,1H3,(H2,16,17,18,19). The molecule has 0 aliphatic heterocycles. The predicted molar refractivity (Wildman–Crippen MR) is 74.6 cm³/mol. The number of nitrogens with zero attached hydrogens (tertiary/aromatic N) is 1. The second-order valence-electron chi connectivity index (χ2n) is 4.08. The highest BCUT2D eigenvalue weighted by atomic mass is 35.5. The summed E-state index contributed by atoms with van der Waals surface area (Å²) in [6, 6.07) is 6.72. The molecule has 1 aromatic heterocycles. The molecule has 0 aliphatic rings. The Morgan fingerprint density at radius 2 is 2.26 bits per heavy atom. The number of nitrogens with one attached hydrogen (secondary N) is 2. The van der Waals surface area contributed by atoms with Gasteiger partial charge in [-0.2, -0.15) is 4.98 Å². The van der Waals surface area contributed by atoms with E-state index in [1.165, 1.54) is 0 Å². The Hall–Kier alpha value is -1.85. The van der Waals surface area contributed by atoms with Crippen molar-refractivity contribution in [3.8, 4) is 17.0 Å². The fourth-order valence-electron chi connectivity index (χ4n) is 1.77. The van der Waals surface area contributed by atoms with E-state index in [-0.39, 0.29) is 17.0 Å². The molecule has 1 aromatic carbocycles. The molecule has 2 rings (SSSR count). The molecule has 0 bridgehead atoms. The summed E-state index contributed by atoms with van der Waals surface area (Å²) in [6.07, 6.45) is 0.537. The van der Waals surface area contributed by atoms with Crippen molar-refractivity contribution >= 4 is 11.6 Å². The van der Waals surface area contributed by atoms with E-state index in [4.69, 9.17) is 11.6 Å². The SMILES string of the molecule is CNCCc1nc(O)c(-c2cccc(Cl)c2)c(=O)[nH]1. The molecule has 3 N–H and O–H groups in total. The molecular formula is C13H14ClN3O2. The minimum Gasteiger partial charge on any atom is -0.493 e. The van der Waals surface area contributed by atoms with E-state index in [0.29, 0.717) is 29.4 Å². The van der Waals surface area contributed by atoms with Crippen LogP contribution in [0.1, 0.15) is 5.82 Å². The quantitative estimate of drug-likeness (QED) is 0.794. The lowest BCUT2D eigenvalue weighted by molar-refractivity contribution is 0.449. The first-order valence-corrected chi connectivity index (χ1v) is 6.22. The third kappa shape index (κ3) is 3.13. The number of halogens is 1. The molecule has 0 radical (unpaired) electrons. The zero-order chi connectivity index (χ0) is 13.8. The largest absolute Gasteiger partial charge is 0.493 e. The number of H-pyrrole nitrogens is 1. The van der Waals surface area contributed by atoms with E-state index >= 15 is 0 Å². The van der Waals surface area contributed by atoms with Crippen LogP contribution < -0.4 is 10.9 Å². The topological polar surface area (TPSA) is 78.0 Å². The molecule has 5 nitrogen and oxygen atoms in total. The molecule has 2 aromatic rings. The lowest BCUT2D eigenvalue weighted by atomic mass is 10.1. The van der Waals surface area contributed by atoms with Gasteiger partial charge in [0.15, 0.2) is 0 Å². The minimum absolute atomic E-state index is 0.135. The van der Waals surface area contributed by atoms with Crippen molar-refractivity contribution in [2.24, 2.45) is 0 Å². The zero-order valence-electron chi connectivity index (χ0n) is 10.4. The van der Waals surface area contributed by atoms with Gasteiger partial charge in [-0.1, -0.05) is 23.7 Å². The summed E-state index contributed by atoms with van der Waals surface area (Å²) >= 11 is 5.88. The third-order valence-electron chi connectivity index (χ3n) is 2.67. The van der Waals surface area contributed by atoms with Crippen molar-refractivity contribution in [1.29, 1.82) is 0 Å². The predicted octanol–water partition coefficient (Wildman–Crippen LogP) is 1.56. The van der Waals surface area contributed by atoms with E-state index in [0.717, 1.165) is 0 Å². The van der Waals surface area contributed by atoms with Crippen LogP contribution in [0, 0.1) is 0 Å². The van der Waals surface area contributed by atoms with E-state index in [9.17, 15) is 9.90 Å². The highest BCUT2D eigenvalue weighted by molar-refractivity contribution is 6.30. The average molecular weight is 280 g/mol. The molecule has 0 saturated heterocycles. The van der Waals surface area contributed by atoms with Crippen molar-refractivity contribution in [2.45, 2.75) is 6.42 Å². The van der Waals surface area contributed by atoms with Crippen molar-refractivity contribution in [3.05, 3.63) is 45.5 Å². The first-order chi connectivity index (χ1) is 9.11. The van der Waals surface area contributed by atoms with Crippen molar-refractivity contribution < 1.29 is 5.11 Å². The minimum atomic E-state index is -0.374. The summed E-state index contributed by atoms with van der Waals surface area (Å²) in [4.78, 5) is 18.7. The monoisotopic (exact) mass is 279 g/mol. The second-order valence-corrected chi connectivity index (χ2v) is 4.51. The van der Waals surface area contributed by atoms with Crippen LogP contribution in [-0.2, 0) is 6.42 Å². The van der Waals surface area contributed by atoms with Gasteiger partial charge in [-0.25, -0.2) is 0 Å². The molecule has 6 heteroatoms. The van der Waals surface area contributed by atoms with E-state index in [2.05, 4.69) is 15.3 Å². The van der Waals surface area contributed by atoms with Crippen LogP contribution >= 0.6 is 11.6 Å². The molecule has 1 heterocycles. The van der Waals surface area contributed by atoms with E-state index in [1.54, 1.807) is 31.3 Å². The van der Waals surface area contributed by atoms with Crippen LogP contribution in [-0.4, -0.2) is 28.7 Å². The fraction of sp³-hybridized carbons (Fsp3) is 0.231. The van der Waals surface area contributed by atoms with Crippen molar-refractivity contribution in [1.82, 2.24) is 15.3 Å². The number of benzene rings is 1. The Labute approximate surface area is 115 Å². The van der Waals surface area contributed by atoms with Gasteiger partial charge in [-0.3, -0.25) is 4.79 Å². The Morgan fingerprint density at radius 1 is 1.47 bits per heavy atom. The molecule has 0 spiro atoms. The van der Waals surface area contributed by atoms with Crippen LogP contribution in [0.4, 0.5) is 0 Å². The van der Waals surface area contributed by atoms with Gasteiger partial charge in [-0.05, 0) is 24.7 Å². The molecular weight excluding hydrogens is 266 g/mol. The Kier molecular flexibility index (Phi) is 4.19. The van der Waals surface area contributed by atoms with E-state index < -0.39 is 0 Å². The number of aromatic nitrogens is 2. The van der Waals surface area contributed by atoms with Gasteiger partial charge in [0.1, 0.15) is 11.4 Å². The Balaban J connectivity index is 2.45. The first-order valence-electron chi connectivity index (χ1n) is 5.84. The summed E-state index contributed by atoms with van der Waals surface area (Å²) in [7, 11) is 1.80. The summed E-state index contributed by atoms with van der Waals surface area (Å²) in [5.74, 6) is 0.166. The van der Waals surface area contributed by atoms with Crippen LogP contribution in [0.15, 0.2) is 29.1 Å². The summed E-state index contributed by atoms with van der Waals surface area (Å²) in [5.41, 5.74) is 0.301. The summed E-state index contributed by atoms with van der Waals surface area (Å²) in [5, 5.41) is 13.4. The third-order valence-corrected chi connectivity index (χ3v) is 2.91.